The van der Waals surface area contributed by atoms with E-state index in [0.29, 0.717) is 62.8 Å². The van der Waals surface area contributed by atoms with Gasteiger partial charge in [0, 0.05) is 49.7 Å². The third kappa shape index (κ3) is 9.60. The van der Waals surface area contributed by atoms with Crippen LogP contribution in [0.4, 0.5) is 15.9 Å². The van der Waals surface area contributed by atoms with Crippen LogP contribution >= 0.6 is 0 Å². The summed E-state index contributed by atoms with van der Waals surface area (Å²) in [5.41, 5.74) is 2.49. The molecule has 2 amide bonds. The maximum atomic E-state index is 14.0. The van der Waals surface area contributed by atoms with Crippen LogP contribution in [-0.4, -0.2) is 75.7 Å². The van der Waals surface area contributed by atoms with Crippen molar-refractivity contribution >= 4 is 34.1 Å². The predicted molar refractivity (Wildman–Crippen MR) is 174 cm³/mol. The van der Waals surface area contributed by atoms with Gasteiger partial charge in [-0.2, -0.15) is 0 Å². The third-order valence-corrected chi connectivity index (χ3v) is 7.54. The van der Waals surface area contributed by atoms with Gasteiger partial charge in [0.1, 0.15) is 11.6 Å². The fourth-order valence-corrected chi connectivity index (χ4v) is 5.16. The van der Waals surface area contributed by atoms with Crippen molar-refractivity contribution in [2.45, 2.75) is 45.1 Å². The minimum absolute atomic E-state index is 0.0159. The fraction of sp³-hybridized carbons (Fsp3) is 0.455. The van der Waals surface area contributed by atoms with E-state index < -0.39 is 0 Å². The van der Waals surface area contributed by atoms with Gasteiger partial charge in [-0.05, 0) is 80.6 Å². The number of H-pyrrole nitrogens is 1. The van der Waals surface area contributed by atoms with Crippen LogP contribution in [0.2, 0.25) is 0 Å². The van der Waals surface area contributed by atoms with Gasteiger partial charge in [-0.3, -0.25) is 19.4 Å². The summed E-state index contributed by atoms with van der Waals surface area (Å²) in [4.78, 5) is 23.4. The second-order valence-electron chi connectivity index (χ2n) is 10.8. The summed E-state index contributed by atoms with van der Waals surface area (Å²) in [5.74, 6) is 1.83. The Balaban J connectivity index is 1.23. The molecule has 0 saturated carbocycles. The van der Waals surface area contributed by atoms with E-state index in [9.17, 15) is 14.0 Å². The molecular weight excluding hydrogens is 579 g/mol. The largest absolute Gasteiger partial charge is 0.493 e. The molecule has 0 unspecified atom stereocenters. The predicted octanol–water partition coefficient (Wildman–Crippen LogP) is 4.78. The Morgan fingerprint density at radius 3 is 2.44 bits per heavy atom. The lowest BCUT2D eigenvalue weighted by molar-refractivity contribution is -0.121. The van der Waals surface area contributed by atoms with Crippen molar-refractivity contribution in [1.82, 2.24) is 25.7 Å². The van der Waals surface area contributed by atoms with Crippen LogP contribution in [0.25, 0.3) is 22.0 Å². The topological polar surface area (TPSA) is 131 Å². The van der Waals surface area contributed by atoms with Crippen molar-refractivity contribution in [1.29, 1.82) is 0 Å². The number of carbonyl (C=O) groups is 2. The number of hydrogen-bond acceptors (Lipinski definition) is 7. The summed E-state index contributed by atoms with van der Waals surface area (Å²) in [7, 11) is 4.87. The molecular formula is C33H45FN6O5. The second kappa shape index (κ2) is 17.3. The van der Waals surface area contributed by atoms with Gasteiger partial charge >= 0.3 is 0 Å². The zero-order valence-corrected chi connectivity index (χ0v) is 26.4. The highest BCUT2D eigenvalue weighted by Crippen LogP contribution is 2.43. The average Bonchev–Trinajstić information content (AvgIpc) is 3.56. The molecule has 1 heterocycles. The van der Waals surface area contributed by atoms with Gasteiger partial charge < -0.3 is 35.5 Å². The van der Waals surface area contributed by atoms with Gasteiger partial charge in [-0.1, -0.05) is 6.07 Å². The molecule has 2 aromatic carbocycles. The Bertz CT molecular complexity index is 1500. The Kier molecular flexibility index (Phi) is 12.9. The first-order valence-corrected chi connectivity index (χ1v) is 15.5. The van der Waals surface area contributed by atoms with Gasteiger partial charge in [0.05, 0.1) is 33.1 Å². The average molecular weight is 625 g/mol. The minimum atomic E-state index is -0.324. The van der Waals surface area contributed by atoms with Gasteiger partial charge in [-0.15, -0.1) is 0 Å². The number of aromatic amines is 1. The summed E-state index contributed by atoms with van der Waals surface area (Å²) >= 11 is 0. The number of benzene rings is 2. The van der Waals surface area contributed by atoms with Crippen LogP contribution in [0, 0.1) is 5.82 Å². The van der Waals surface area contributed by atoms with Crippen LogP contribution in [-0.2, 0) is 20.9 Å². The van der Waals surface area contributed by atoms with E-state index in [2.05, 4.69) is 32.4 Å². The van der Waals surface area contributed by atoms with Crippen molar-refractivity contribution in [2.75, 3.05) is 59.4 Å². The molecule has 0 radical (unpaired) electrons. The van der Waals surface area contributed by atoms with Gasteiger partial charge in [0.15, 0.2) is 11.5 Å². The molecule has 0 aromatic heterocycles. The molecule has 0 saturated heterocycles. The Labute approximate surface area is 263 Å². The number of anilines is 2. The SMILES string of the molecule is CNC(=O)CCCCNCCCNC(=O)CCCOCCn1[nH]c2c3cc(OC)c(OC)cc3cc-2c1Nc1cccc(F)c1. The number of rotatable bonds is 20. The number of fused-ring (bicyclic) bond motifs is 3. The lowest BCUT2D eigenvalue weighted by Gasteiger charge is -2.12. The molecule has 5 N–H and O–H groups in total. The van der Waals surface area contributed by atoms with Crippen LogP contribution in [0.1, 0.15) is 38.5 Å². The summed E-state index contributed by atoms with van der Waals surface area (Å²) < 4.78 is 32.8. The molecule has 1 aliphatic carbocycles. The van der Waals surface area contributed by atoms with E-state index in [0.717, 1.165) is 60.2 Å². The van der Waals surface area contributed by atoms with E-state index in [1.54, 1.807) is 27.3 Å². The van der Waals surface area contributed by atoms with Gasteiger partial charge in [0.2, 0.25) is 11.8 Å². The van der Waals surface area contributed by atoms with E-state index in [4.69, 9.17) is 14.2 Å². The molecule has 12 heteroatoms. The number of methoxy groups -OCH3 is 2. The molecule has 4 rings (SSSR count). The van der Waals surface area contributed by atoms with Crippen molar-refractivity contribution in [3.63, 3.8) is 0 Å². The van der Waals surface area contributed by atoms with E-state index in [-0.39, 0.29) is 17.6 Å². The van der Waals surface area contributed by atoms with Crippen molar-refractivity contribution in [3.05, 3.63) is 48.3 Å². The smallest absolute Gasteiger partial charge is 0.220 e. The Morgan fingerprint density at radius 1 is 0.889 bits per heavy atom. The first kappa shape index (κ1) is 33.6. The van der Waals surface area contributed by atoms with Crippen LogP contribution in [0.3, 0.4) is 0 Å². The summed E-state index contributed by atoms with van der Waals surface area (Å²) in [5, 5.41) is 17.7. The first-order chi connectivity index (χ1) is 21.9. The second-order valence-corrected chi connectivity index (χ2v) is 10.8. The lowest BCUT2D eigenvalue weighted by atomic mass is 10.2. The molecule has 0 bridgehead atoms. The molecule has 2 aromatic rings. The van der Waals surface area contributed by atoms with Crippen molar-refractivity contribution in [2.24, 2.45) is 0 Å². The minimum Gasteiger partial charge on any atom is -0.493 e. The fourth-order valence-electron chi connectivity index (χ4n) is 5.16. The number of unbranched alkanes of at least 4 members (excludes halogenated alkanes) is 1. The van der Waals surface area contributed by atoms with E-state index >= 15 is 0 Å². The first-order valence-electron chi connectivity index (χ1n) is 15.5. The number of hydrogen-bond donors (Lipinski definition) is 5. The number of amides is 2. The zero-order chi connectivity index (χ0) is 32.0. The van der Waals surface area contributed by atoms with Crippen LogP contribution < -0.4 is 30.7 Å². The number of carbonyl (C=O) groups excluding carboxylic acids is 2. The molecule has 2 aliphatic rings. The highest BCUT2D eigenvalue weighted by Gasteiger charge is 2.22. The van der Waals surface area contributed by atoms with E-state index in [1.807, 2.05) is 22.9 Å². The number of nitrogens with one attached hydrogen (secondary N) is 5. The highest BCUT2D eigenvalue weighted by atomic mass is 19.1. The molecule has 1 aliphatic heterocycles. The van der Waals surface area contributed by atoms with Crippen molar-refractivity contribution in [3.8, 4) is 22.8 Å². The van der Waals surface area contributed by atoms with Gasteiger partial charge in [-0.25, -0.2) is 4.39 Å². The maximum Gasteiger partial charge on any atom is 0.220 e. The Morgan fingerprint density at radius 2 is 1.67 bits per heavy atom. The molecule has 0 atom stereocenters. The third-order valence-electron chi connectivity index (χ3n) is 7.54. The quantitative estimate of drug-likeness (QED) is 0.0895. The number of aromatic nitrogens is 2. The molecule has 11 nitrogen and oxygen atoms in total. The van der Waals surface area contributed by atoms with Crippen LogP contribution in [0.15, 0.2) is 42.5 Å². The summed E-state index contributed by atoms with van der Waals surface area (Å²) in [6, 6.07) is 12.3. The normalized spacial score (nSPS) is 11.2. The Hall–Kier alpha value is -4.29. The molecule has 0 fully saturated rings. The van der Waals surface area contributed by atoms with Gasteiger partial charge in [0.25, 0.3) is 0 Å². The summed E-state index contributed by atoms with van der Waals surface area (Å²) in [6.07, 6.45) is 4.25. The number of ether oxygens (including phenoxy) is 3. The van der Waals surface area contributed by atoms with Crippen LogP contribution in [0.5, 0.6) is 11.5 Å². The maximum absolute atomic E-state index is 14.0. The highest BCUT2D eigenvalue weighted by molar-refractivity contribution is 6.05. The monoisotopic (exact) mass is 624 g/mol. The lowest BCUT2D eigenvalue weighted by Crippen LogP contribution is -2.27. The summed E-state index contributed by atoms with van der Waals surface area (Å²) in [6.45, 7) is 3.72. The molecule has 244 valence electrons. The zero-order valence-electron chi connectivity index (χ0n) is 26.4. The van der Waals surface area contributed by atoms with E-state index in [1.165, 1.54) is 12.1 Å². The molecule has 0 spiro atoms. The number of nitrogens with zero attached hydrogens (tertiary/aromatic N) is 1. The number of halogens is 1. The van der Waals surface area contributed by atoms with Crippen molar-refractivity contribution < 1.29 is 28.2 Å². The standard InChI is InChI=1S/C33H45FN6O5/c1-35-30(41)11-4-5-13-36-14-8-15-37-31(42)12-7-17-45-18-16-40-33(38-25-10-6-9-24(34)21-25)27-19-23-20-28(43-2)29(44-3)22-26(23)32(27)39-40/h6,9-10,19-22,36,38-39H,4-5,7-8,11-18H2,1-3H3,(H,35,41)(H,37,42). The molecule has 45 heavy (non-hydrogen) atoms.